The molecule has 0 aliphatic rings. The van der Waals surface area contributed by atoms with Gasteiger partial charge in [0.15, 0.2) is 0 Å². The van der Waals surface area contributed by atoms with Crippen LogP contribution in [0.4, 0.5) is 0 Å². The molecule has 0 unspecified atom stereocenters. The van der Waals surface area contributed by atoms with Crippen LogP contribution in [0.1, 0.15) is 98.8 Å². The molecule has 0 heterocycles. The highest BCUT2D eigenvalue weighted by Crippen LogP contribution is 2.39. The monoisotopic (exact) mass is 302 g/mol. The lowest BCUT2D eigenvalue weighted by molar-refractivity contribution is 0.368. The summed E-state index contributed by atoms with van der Waals surface area (Å²) < 4.78 is 0. The first-order valence-electron chi connectivity index (χ1n) is 9.05. The highest BCUT2D eigenvalue weighted by Gasteiger charge is 2.30. The minimum absolute atomic E-state index is 0.195. The third-order valence-electron chi connectivity index (χ3n) is 6.24. The molecule has 0 saturated heterocycles. The summed E-state index contributed by atoms with van der Waals surface area (Å²) in [6.07, 6.45) is 2.39. The molecule has 0 aromatic heterocycles. The van der Waals surface area contributed by atoms with Crippen LogP contribution in [-0.2, 0) is 16.2 Å². The van der Waals surface area contributed by atoms with E-state index in [1.165, 1.54) is 29.5 Å². The fourth-order valence-corrected chi connectivity index (χ4v) is 2.77. The van der Waals surface area contributed by atoms with Crippen molar-refractivity contribution >= 4 is 0 Å². The number of hydrogen-bond acceptors (Lipinski definition) is 0. The van der Waals surface area contributed by atoms with Crippen molar-refractivity contribution in [2.45, 2.75) is 98.3 Å². The Hall–Kier alpha value is -0.780. The van der Waals surface area contributed by atoms with Crippen molar-refractivity contribution in [1.82, 2.24) is 0 Å². The summed E-state index contributed by atoms with van der Waals surface area (Å²) in [7, 11) is 0. The van der Waals surface area contributed by atoms with E-state index in [4.69, 9.17) is 0 Å². The highest BCUT2D eigenvalue weighted by molar-refractivity contribution is 5.41. The fraction of sp³-hybridized carbons (Fsp3) is 0.727. The molecule has 1 rings (SSSR count). The predicted octanol–water partition coefficient (Wildman–Crippen LogP) is 7.00. The van der Waals surface area contributed by atoms with Crippen LogP contribution in [-0.4, -0.2) is 0 Å². The van der Waals surface area contributed by atoms with Gasteiger partial charge < -0.3 is 0 Å². The van der Waals surface area contributed by atoms with E-state index in [1.54, 1.807) is 0 Å². The van der Waals surface area contributed by atoms with Gasteiger partial charge in [-0.05, 0) is 51.7 Å². The van der Waals surface area contributed by atoms with Gasteiger partial charge in [0.2, 0.25) is 0 Å². The van der Waals surface area contributed by atoms with E-state index < -0.39 is 0 Å². The Morgan fingerprint density at radius 2 is 1.14 bits per heavy atom. The average molecular weight is 303 g/mol. The molecular weight excluding hydrogens is 264 g/mol. The van der Waals surface area contributed by atoms with E-state index in [2.05, 4.69) is 87.4 Å². The standard InChI is InChI=1S/C22H38/c1-11-22(10,12-2)19-14-17(20(5,6)7)13-18(15-19)21(8,9)16(3)4/h13-16H,11-12H2,1-10H3. The third-order valence-corrected chi connectivity index (χ3v) is 6.24. The fourth-order valence-electron chi connectivity index (χ4n) is 2.77. The molecule has 0 saturated carbocycles. The molecule has 1 aromatic rings. The topological polar surface area (TPSA) is 0 Å². The second-order valence-electron chi connectivity index (χ2n) is 9.19. The molecule has 0 fully saturated rings. The molecule has 0 N–H and O–H groups in total. The second-order valence-corrected chi connectivity index (χ2v) is 9.19. The molecule has 0 amide bonds. The molecule has 0 heteroatoms. The van der Waals surface area contributed by atoms with Crippen molar-refractivity contribution in [3.05, 3.63) is 34.9 Å². The molecule has 0 radical (unpaired) electrons. The molecule has 0 bridgehead atoms. The summed E-state index contributed by atoms with van der Waals surface area (Å²) in [5.74, 6) is 0.630. The van der Waals surface area contributed by atoms with Crippen LogP contribution in [0, 0.1) is 5.92 Å². The van der Waals surface area contributed by atoms with Crippen molar-refractivity contribution in [2.75, 3.05) is 0 Å². The Morgan fingerprint density at radius 3 is 1.50 bits per heavy atom. The van der Waals surface area contributed by atoms with Crippen LogP contribution in [0.5, 0.6) is 0 Å². The Labute approximate surface area is 139 Å². The van der Waals surface area contributed by atoms with Gasteiger partial charge >= 0.3 is 0 Å². The van der Waals surface area contributed by atoms with Crippen molar-refractivity contribution in [3.8, 4) is 0 Å². The Kier molecular flexibility index (Phi) is 5.59. The summed E-state index contributed by atoms with van der Waals surface area (Å²) in [5, 5.41) is 0. The lowest BCUT2D eigenvalue weighted by atomic mass is 9.69. The van der Waals surface area contributed by atoms with Gasteiger partial charge in [-0.3, -0.25) is 0 Å². The Bertz CT molecular complexity index is 470. The highest BCUT2D eigenvalue weighted by atomic mass is 14.3. The van der Waals surface area contributed by atoms with Crippen LogP contribution in [0.3, 0.4) is 0 Å². The zero-order valence-corrected chi connectivity index (χ0v) is 16.7. The van der Waals surface area contributed by atoms with Crippen LogP contribution in [0.25, 0.3) is 0 Å². The maximum absolute atomic E-state index is 2.49. The van der Waals surface area contributed by atoms with E-state index >= 15 is 0 Å². The molecule has 0 aliphatic carbocycles. The van der Waals surface area contributed by atoms with Gasteiger partial charge in [0.1, 0.15) is 0 Å². The zero-order valence-electron chi connectivity index (χ0n) is 16.7. The lowest BCUT2D eigenvalue weighted by Crippen LogP contribution is -2.28. The number of benzene rings is 1. The van der Waals surface area contributed by atoms with Gasteiger partial charge in [0.25, 0.3) is 0 Å². The molecule has 0 nitrogen and oxygen atoms in total. The van der Waals surface area contributed by atoms with Gasteiger partial charge in [-0.2, -0.15) is 0 Å². The van der Waals surface area contributed by atoms with Crippen molar-refractivity contribution in [2.24, 2.45) is 5.92 Å². The maximum atomic E-state index is 2.49. The van der Waals surface area contributed by atoms with E-state index in [1.807, 2.05) is 0 Å². The quantitative estimate of drug-likeness (QED) is 0.549. The summed E-state index contributed by atoms with van der Waals surface area (Å²) in [6, 6.07) is 7.41. The molecule has 126 valence electrons. The molecule has 1 aromatic carbocycles. The summed E-state index contributed by atoms with van der Waals surface area (Å²) in [4.78, 5) is 0. The van der Waals surface area contributed by atoms with Gasteiger partial charge in [-0.15, -0.1) is 0 Å². The second kappa shape index (κ2) is 6.38. The maximum Gasteiger partial charge on any atom is -0.00803 e. The molecule has 0 spiro atoms. The first kappa shape index (κ1) is 19.3. The first-order chi connectivity index (χ1) is 9.88. The molecular formula is C22H38. The van der Waals surface area contributed by atoms with Crippen molar-refractivity contribution in [3.63, 3.8) is 0 Å². The summed E-state index contributed by atoms with van der Waals surface area (Å²) >= 11 is 0. The van der Waals surface area contributed by atoms with E-state index in [0.717, 1.165) is 0 Å². The minimum Gasteiger partial charge on any atom is -0.0645 e. The van der Waals surface area contributed by atoms with Gasteiger partial charge in [0.05, 0.1) is 0 Å². The van der Waals surface area contributed by atoms with Gasteiger partial charge in [0, 0.05) is 0 Å². The van der Waals surface area contributed by atoms with E-state index in [-0.39, 0.29) is 16.2 Å². The number of rotatable bonds is 5. The van der Waals surface area contributed by atoms with Gasteiger partial charge in [-0.1, -0.05) is 87.4 Å². The first-order valence-corrected chi connectivity index (χ1v) is 9.05. The van der Waals surface area contributed by atoms with E-state index in [9.17, 15) is 0 Å². The summed E-state index contributed by atoms with van der Waals surface area (Å²) in [6.45, 7) is 23.5. The lowest BCUT2D eigenvalue weighted by Gasteiger charge is -2.35. The van der Waals surface area contributed by atoms with Crippen molar-refractivity contribution in [1.29, 1.82) is 0 Å². The summed E-state index contributed by atoms with van der Waals surface area (Å²) in [5.41, 5.74) is 5.18. The van der Waals surface area contributed by atoms with Crippen LogP contribution >= 0.6 is 0 Å². The van der Waals surface area contributed by atoms with Crippen LogP contribution in [0.2, 0.25) is 0 Å². The SMILES string of the molecule is CCC(C)(CC)c1cc(C(C)(C)C)cc(C(C)(C)C(C)C)c1. The Balaban J connectivity index is 3.61. The van der Waals surface area contributed by atoms with Gasteiger partial charge in [-0.25, -0.2) is 0 Å². The third kappa shape index (κ3) is 3.76. The molecule has 22 heavy (non-hydrogen) atoms. The minimum atomic E-state index is 0.195. The van der Waals surface area contributed by atoms with Crippen molar-refractivity contribution < 1.29 is 0 Å². The van der Waals surface area contributed by atoms with Crippen LogP contribution in [0.15, 0.2) is 18.2 Å². The van der Waals surface area contributed by atoms with Crippen LogP contribution < -0.4 is 0 Å². The Morgan fingerprint density at radius 1 is 0.727 bits per heavy atom. The smallest absolute Gasteiger partial charge is 0.00803 e. The number of hydrogen-bond donors (Lipinski definition) is 0. The van der Waals surface area contributed by atoms with E-state index in [0.29, 0.717) is 5.92 Å². The molecule has 0 atom stereocenters. The molecule has 0 aliphatic heterocycles. The largest absolute Gasteiger partial charge is 0.0645 e. The predicted molar refractivity (Wildman–Crippen MR) is 101 cm³/mol. The zero-order chi connectivity index (χ0) is 17.3. The normalized spacial score (nSPS) is 13.8. The average Bonchev–Trinajstić information content (AvgIpc) is 2.44.